The number of nitriles is 1. The van der Waals surface area contributed by atoms with Crippen molar-refractivity contribution in [1.82, 2.24) is 9.55 Å². The number of carbonyl (C=O) groups excluding carboxylic acids is 1. The molecular formula is C14H17N3O5. The summed E-state index contributed by atoms with van der Waals surface area (Å²) < 4.78 is 12.1. The largest absolute Gasteiger partial charge is 0.463 e. The number of nitrogens with zero attached hydrogens (tertiary/aromatic N) is 2. The number of H-pyrrole nitrogens is 1. The van der Waals surface area contributed by atoms with Gasteiger partial charge in [-0.15, -0.1) is 0 Å². The summed E-state index contributed by atoms with van der Waals surface area (Å²) in [7, 11) is 0. The van der Waals surface area contributed by atoms with E-state index in [0.717, 1.165) is 0 Å². The van der Waals surface area contributed by atoms with E-state index in [4.69, 9.17) is 14.7 Å². The molecule has 2 heterocycles. The molecule has 0 aromatic carbocycles. The van der Waals surface area contributed by atoms with Gasteiger partial charge in [-0.25, -0.2) is 4.79 Å². The van der Waals surface area contributed by atoms with Crippen LogP contribution in [0.2, 0.25) is 0 Å². The summed E-state index contributed by atoms with van der Waals surface area (Å²) in [5.74, 6) is -0.407. The number of aromatic nitrogens is 2. The Hall–Kier alpha value is -2.40. The van der Waals surface area contributed by atoms with Crippen molar-refractivity contribution in [2.75, 3.05) is 6.61 Å². The lowest BCUT2D eigenvalue weighted by atomic mass is 9.96. The standard InChI is InChI=1S/C14H17N3O5/c1-9(18)21-8-11-10(3-2-5-15)7-13(22-11)17-6-4-12(19)16-14(17)20/h4,6,10-11,13H,2-3,7-8H2,1H3,(H,16,19,20)/t10-,11+,13+/m0/s1. The molecule has 8 heteroatoms. The molecule has 0 radical (unpaired) electrons. The highest BCUT2D eigenvalue weighted by Gasteiger charge is 2.36. The van der Waals surface area contributed by atoms with E-state index in [1.807, 2.05) is 0 Å². The van der Waals surface area contributed by atoms with Crippen molar-refractivity contribution in [1.29, 1.82) is 5.26 Å². The number of hydrogen-bond acceptors (Lipinski definition) is 6. The fourth-order valence-electron chi connectivity index (χ4n) is 2.54. The number of hydrogen-bond donors (Lipinski definition) is 1. The van der Waals surface area contributed by atoms with Crippen molar-refractivity contribution < 1.29 is 14.3 Å². The number of carbonyl (C=O) groups is 1. The van der Waals surface area contributed by atoms with Crippen LogP contribution in [-0.4, -0.2) is 28.2 Å². The average molecular weight is 307 g/mol. The zero-order valence-electron chi connectivity index (χ0n) is 12.2. The van der Waals surface area contributed by atoms with Crippen LogP contribution in [0.1, 0.15) is 32.4 Å². The molecule has 118 valence electrons. The Morgan fingerprint density at radius 2 is 2.36 bits per heavy atom. The first-order valence-electron chi connectivity index (χ1n) is 6.98. The van der Waals surface area contributed by atoms with Gasteiger partial charge in [-0.3, -0.25) is 19.1 Å². The molecule has 1 saturated heterocycles. The molecular weight excluding hydrogens is 290 g/mol. The Morgan fingerprint density at radius 1 is 1.59 bits per heavy atom. The van der Waals surface area contributed by atoms with Crippen LogP contribution in [0.25, 0.3) is 0 Å². The van der Waals surface area contributed by atoms with E-state index in [9.17, 15) is 14.4 Å². The van der Waals surface area contributed by atoms with Crippen molar-refractivity contribution in [2.24, 2.45) is 5.92 Å². The molecule has 0 unspecified atom stereocenters. The summed E-state index contributed by atoms with van der Waals surface area (Å²) in [5.41, 5.74) is -1.03. The van der Waals surface area contributed by atoms with Crippen LogP contribution >= 0.6 is 0 Å². The third-order valence-corrected chi connectivity index (χ3v) is 3.60. The molecule has 0 spiro atoms. The molecule has 2 rings (SSSR count). The smallest absolute Gasteiger partial charge is 0.330 e. The zero-order valence-corrected chi connectivity index (χ0v) is 12.2. The van der Waals surface area contributed by atoms with Gasteiger partial charge in [-0.2, -0.15) is 5.26 Å². The van der Waals surface area contributed by atoms with Gasteiger partial charge in [0.2, 0.25) is 0 Å². The van der Waals surface area contributed by atoms with E-state index in [1.165, 1.54) is 23.8 Å². The van der Waals surface area contributed by atoms with Crippen LogP contribution in [-0.2, 0) is 14.3 Å². The second kappa shape index (κ2) is 7.04. The van der Waals surface area contributed by atoms with Gasteiger partial charge in [0.25, 0.3) is 5.56 Å². The summed E-state index contributed by atoms with van der Waals surface area (Å²) in [6.45, 7) is 1.39. The van der Waals surface area contributed by atoms with E-state index in [-0.39, 0.29) is 18.6 Å². The molecule has 1 aromatic heterocycles. The normalized spacial score (nSPS) is 23.9. The first-order chi connectivity index (χ1) is 10.5. The predicted molar refractivity (Wildman–Crippen MR) is 74.8 cm³/mol. The minimum Gasteiger partial charge on any atom is -0.463 e. The molecule has 3 atom stereocenters. The molecule has 1 N–H and O–H groups in total. The second-order valence-corrected chi connectivity index (χ2v) is 5.14. The number of ether oxygens (including phenoxy) is 2. The Balaban J connectivity index is 2.14. The molecule has 1 aliphatic heterocycles. The lowest BCUT2D eigenvalue weighted by Crippen LogP contribution is -2.31. The van der Waals surface area contributed by atoms with Crippen molar-refractivity contribution in [3.63, 3.8) is 0 Å². The van der Waals surface area contributed by atoms with E-state index < -0.39 is 23.4 Å². The summed E-state index contributed by atoms with van der Waals surface area (Å²) in [4.78, 5) is 36.0. The Kier molecular flexibility index (Phi) is 5.12. The van der Waals surface area contributed by atoms with Crippen LogP contribution in [0, 0.1) is 17.2 Å². The molecule has 1 aromatic rings. The van der Waals surface area contributed by atoms with Crippen LogP contribution in [0.4, 0.5) is 0 Å². The first kappa shape index (κ1) is 16.0. The van der Waals surface area contributed by atoms with Gasteiger partial charge in [-0.1, -0.05) is 0 Å². The fourth-order valence-corrected chi connectivity index (χ4v) is 2.54. The van der Waals surface area contributed by atoms with Crippen LogP contribution in [0.5, 0.6) is 0 Å². The molecule has 22 heavy (non-hydrogen) atoms. The first-order valence-corrected chi connectivity index (χ1v) is 6.98. The number of nitrogens with one attached hydrogen (secondary N) is 1. The van der Waals surface area contributed by atoms with Gasteiger partial charge >= 0.3 is 11.7 Å². The maximum Gasteiger partial charge on any atom is 0.330 e. The SMILES string of the molecule is CC(=O)OC[C@H]1O[C@@H](n2ccc(=O)[nH]c2=O)C[C@@H]1CCC#N. The maximum atomic E-state index is 11.8. The van der Waals surface area contributed by atoms with Gasteiger partial charge in [-0.05, 0) is 18.8 Å². The minimum absolute atomic E-state index is 0.00262. The maximum absolute atomic E-state index is 11.8. The quantitative estimate of drug-likeness (QED) is 0.783. The van der Waals surface area contributed by atoms with Gasteiger partial charge < -0.3 is 9.47 Å². The Labute approximate surface area is 126 Å². The van der Waals surface area contributed by atoms with Crippen LogP contribution < -0.4 is 11.2 Å². The second-order valence-electron chi connectivity index (χ2n) is 5.14. The van der Waals surface area contributed by atoms with E-state index >= 15 is 0 Å². The predicted octanol–water partition coefficient (Wildman–Crippen LogP) is 0.307. The van der Waals surface area contributed by atoms with Crippen molar-refractivity contribution >= 4 is 5.97 Å². The topological polar surface area (TPSA) is 114 Å². The van der Waals surface area contributed by atoms with Crippen molar-refractivity contribution in [3.8, 4) is 6.07 Å². The average Bonchev–Trinajstić information content (AvgIpc) is 2.85. The molecule has 0 saturated carbocycles. The third kappa shape index (κ3) is 3.83. The Bertz CT molecular complexity index is 687. The van der Waals surface area contributed by atoms with Crippen LogP contribution in [0.15, 0.2) is 21.9 Å². The highest BCUT2D eigenvalue weighted by Crippen LogP contribution is 2.35. The molecule has 8 nitrogen and oxygen atoms in total. The summed E-state index contributed by atoms with van der Waals surface area (Å²) in [6, 6.07) is 3.32. The van der Waals surface area contributed by atoms with Gasteiger partial charge in [0.05, 0.1) is 12.2 Å². The van der Waals surface area contributed by atoms with Gasteiger partial charge in [0, 0.05) is 25.6 Å². The molecule has 1 aliphatic rings. The summed E-state index contributed by atoms with van der Waals surface area (Å²) in [5, 5.41) is 8.72. The third-order valence-electron chi connectivity index (χ3n) is 3.60. The van der Waals surface area contributed by atoms with Gasteiger partial charge in [0.1, 0.15) is 12.8 Å². The lowest BCUT2D eigenvalue weighted by Gasteiger charge is -2.17. The fraction of sp³-hybridized carbons (Fsp3) is 0.571. The van der Waals surface area contributed by atoms with E-state index in [0.29, 0.717) is 19.3 Å². The number of aromatic amines is 1. The summed E-state index contributed by atoms with van der Waals surface area (Å²) in [6.07, 6.45) is 1.92. The molecule has 1 fully saturated rings. The molecule has 0 bridgehead atoms. The Morgan fingerprint density at radius 3 is 3.00 bits per heavy atom. The van der Waals surface area contributed by atoms with E-state index in [1.54, 1.807) is 0 Å². The van der Waals surface area contributed by atoms with Crippen molar-refractivity contribution in [3.05, 3.63) is 33.1 Å². The molecule has 0 amide bonds. The van der Waals surface area contributed by atoms with E-state index in [2.05, 4.69) is 11.1 Å². The number of rotatable bonds is 5. The van der Waals surface area contributed by atoms with Gasteiger partial charge in [0.15, 0.2) is 0 Å². The lowest BCUT2D eigenvalue weighted by molar-refractivity contribution is -0.146. The summed E-state index contributed by atoms with van der Waals surface area (Å²) >= 11 is 0. The monoisotopic (exact) mass is 307 g/mol. The van der Waals surface area contributed by atoms with Crippen molar-refractivity contribution in [2.45, 2.75) is 38.5 Å². The number of esters is 1. The minimum atomic E-state index is -0.551. The zero-order chi connectivity index (χ0) is 16.1. The molecule has 0 aliphatic carbocycles. The highest BCUT2D eigenvalue weighted by atomic mass is 16.6. The van der Waals surface area contributed by atoms with Crippen LogP contribution in [0.3, 0.4) is 0 Å². The highest BCUT2D eigenvalue weighted by molar-refractivity contribution is 5.65.